The van der Waals surface area contributed by atoms with Gasteiger partial charge in [0, 0.05) is 25.1 Å². The molecule has 2 heterocycles. The van der Waals surface area contributed by atoms with Crippen LogP contribution in [0.5, 0.6) is 5.75 Å². The van der Waals surface area contributed by atoms with Crippen LogP contribution in [0.1, 0.15) is 21.5 Å². The van der Waals surface area contributed by atoms with Gasteiger partial charge in [-0.25, -0.2) is 4.79 Å². The maximum absolute atomic E-state index is 12.9. The Morgan fingerprint density at radius 3 is 2.77 bits per heavy atom. The fourth-order valence-electron chi connectivity index (χ4n) is 3.28. The molecular weight excluding hydrogens is 355 g/mol. The largest absolute Gasteiger partial charge is 0.496 e. The second-order valence-electron chi connectivity index (χ2n) is 5.83. The zero-order valence-electron chi connectivity index (χ0n) is 13.6. The number of piperazine rings is 1. The number of hydrogen-bond acceptors (Lipinski definition) is 6. The van der Waals surface area contributed by atoms with Crippen molar-refractivity contribution in [3.8, 4) is 11.8 Å². The average molecular weight is 369 g/mol. The summed E-state index contributed by atoms with van der Waals surface area (Å²) >= 11 is 0. The predicted molar refractivity (Wildman–Crippen MR) is 80.2 cm³/mol. The Balaban J connectivity index is 1.99. The maximum atomic E-state index is 12.9. The highest BCUT2D eigenvalue weighted by molar-refractivity contribution is 6.00. The third-order valence-electron chi connectivity index (χ3n) is 4.41. The number of halogens is 3. The van der Waals surface area contributed by atoms with E-state index in [1.165, 1.54) is 24.1 Å². The van der Waals surface area contributed by atoms with Crippen LogP contribution in [0, 0.1) is 11.3 Å². The minimum atomic E-state index is -5.13. The van der Waals surface area contributed by atoms with E-state index in [4.69, 9.17) is 4.74 Å². The normalized spacial score (nSPS) is 22.1. The molecule has 0 saturated carbocycles. The van der Waals surface area contributed by atoms with Crippen LogP contribution in [0.3, 0.4) is 0 Å². The van der Waals surface area contributed by atoms with E-state index in [9.17, 15) is 28.0 Å². The molecule has 0 aromatic heterocycles. The number of fused-ring (bicyclic) bond motifs is 2. The lowest BCUT2D eigenvalue weighted by Crippen LogP contribution is -2.64. The quantitative estimate of drug-likeness (QED) is 0.781. The van der Waals surface area contributed by atoms with Crippen molar-refractivity contribution in [2.75, 3.05) is 20.2 Å². The molecule has 1 aromatic carbocycles. The first-order valence-corrected chi connectivity index (χ1v) is 7.70. The monoisotopic (exact) mass is 369 g/mol. The number of methoxy groups -OCH3 is 1. The van der Waals surface area contributed by atoms with Crippen molar-refractivity contribution in [3.63, 3.8) is 0 Å². The Bertz CT molecular complexity index is 803. The molecule has 0 spiro atoms. The molecule has 0 aliphatic carbocycles. The predicted octanol–water partition coefficient (Wildman–Crippen LogP) is 0.969. The number of nitriles is 1. The molecule has 26 heavy (non-hydrogen) atoms. The van der Waals surface area contributed by atoms with Gasteiger partial charge in [-0.1, -0.05) is 0 Å². The smallest absolute Gasteiger partial charge is 0.490 e. The lowest BCUT2D eigenvalue weighted by atomic mass is 9.87. The average Bonchev–Trinajstić information content (AvgIpc) is 2.60. The van der Waals surface area contributed by atoms with E-state index >= 15 is 0 Å². The van der Waals surface area contributed by atoms with Crippen LogP contribution in [-0.4, -0.2) is 55.4 Å². The summed E-state index contributed by atoms with van der Waals surface area (Å²) in [5.74, 6) is -2.48. The first-order valence-electron chi connectivity index (χ1n) is 7.70. The molecule has 3 rings (SSSR count). The van der Waals surface area contributed by atoms with Crippen LogP contribution in [0.2, 0.25) is 0 Å². The number of rotatable bonds is 2. The summed E-state index contributed by atoms with van der Waals surface area (Å²) in [5.41, 5.74) is 0.743. The summed E-state index contributed by atoms with van der Waals surface area (Å²) in [6.07, 6.45) is -6.36. The number of benzene rings is 1. The van der Waals surface area contributed by atoms with Crippen LogP contribution >= 0.6 is 0 Å². The van der Waals surface area contributed by atoms with Crippen molar-refractivity contribution in [1.29, 1.82) is 5.26 Å². The van der Waals surface area contributed by atoms with Gasteiger partial charge in [-0.2, -0.15) is 18.4 Å². The number of carbonyl (C=O) groups excluding carboxylic acids is 2. The van der Waals surface area contributed by atoms with Crippen molar-refractivity contribution in [1.82, 2.24) is 10.2 Å². The molecule has 1 fully saturated rings. The summed E-state index contributed by atoms with van der Waals surface area (Å²) in [4.78, 5) is 25.4. The van der Waals surface area contributed by atoms with Gasteiger partial charge < -0.3 is 14.4 Å². The number of nitrogens with one attached hydrogen (secondary N) is 1. The summed E-state index contributed by atoms with van der Waals surface area (Å²) in [6.45, 7) is 0.365. The summed E-state index contributed by atoms with van der Waals surface area (Å²) in [5, 5.41) is 12.0. The number of nitrogens with zero attached hydrogens (tertiary/aromatic N) is 2. The summed E-state index contributed by atoms with van der Waals surface area (Å²) in [7, 11) is 1.39. The van der Waals surface area contributed by atoms with E-state index in [1.54, 1.807) is 0 Å². The van der Waals surface area contributed by atoms with E-state index in [-0.39, 0.29) is 30.6 Å². The second-order valence-corrected chi connectivity index (χ2v) is 5.83. The lowest BCUT2D eigenvalue weighted by Gasteiger charge is -2.44. The van der Waals surface area contributed by atoms with Gasteiger partial charge in [0.2, 0.25) is 0 Å². The second kappa shape index (κ2) is 6.49. The van der Waals surface area contributed by atoms with Crippen molar-refractivity contribution >= 4 is 11.9 Å². The van der Waals surface area contributed by atoms with Gasteiger partial charge in [0.15, 0.2) is 6.23 Å². The van der Waals surface area contributed by atoms with E-state index < -0.39 is 30.3 Å². The van der Waals surface area contributed by atoms with Crippen molar-refractivity contribution < 1.29 is 32.2 Å². The molecule has 1 amide bonds. The van der Waals surface area contributed by atoms with Gasteiger partial charge in [-0.3, -0.25) is 10.1 Å². The van der Waals surface area contributed by atoms with Gasteiger partial charge >= 0.3 is 12.1 Å². The first-order chi connectivity index (χ1) is 12.3. The van der Waals surface area contributed by atoms with Crippen LogP contribution in [0.15, 0.2) is 12.1 Å². The topological polar surface area (TPSA) is 91.7 Å². The molecule has 1 saturated heterocycles. The van der Waals surface area contributed by atoms with Gasteiger partial charge in [0.05, 0.1) is 30.3 Å². The third kappa shape index (κ3) is 2.94. The molecular formula is C16H14F3N3O4. The molecule has 1 N–H and O–H groups in total. The molecule has 138 valence electrons. The van der Waals surface area contributed by atoms with E-state index in [0.717, 1.165) is 0 Å². The Morgan fingerprint density at radius 2 is 2.15 bits per heavy atom. The number of amides is 1. The number of ether oxygens (including phenoxy) is 2. The molecule has 2 aliphatic heterocycles. The van der Waals surface area contributed by atoms with E-state index in [0.29, 0.717) is 11.3 Å². The fourth-order valence-corrected chi connectivity index (χ4v) is 3.28. The van der Waals surface area contributed by atoms with Crippen LogP contribution < -0.4 is 10.1 Å². The molecule has 10 heteroatoms. The summed E-state index contributed by atoms with van der Waals surface area (Å²) in [6, 6.07) is 4.09. The minimum Gasteiger partial charge on any atom is -0.496 e. The van der Waals surface area contributed by atoms with E-state index in [2.05, 4.69) is 10.1 Å². The summed E-state index contributed by atoms with van der Waals surface area (Å²) < 4.78 is 47.3. The lowest BCUT2D eigenvalue weighted by molar-refractivity contribution is -0.210. The van der Waals surface area contributed by atoms with Crippen molar-refractivity contribution in [2.24, 2.45) is 0 Å². The zero-order valence-corrected chi connectivity index (χ0v) is 13.6. The Labute approximate surface area is 146 Å². The van der Waals surface area contributed by atoms with Gasteiger partial charge in [-0.15, -0.1) is 0 Å². The number of esters is 1. The Kier molecular flexibility index (Phi) is 4.50. The highest BCUT2D eigenvalue weighted by Gasteiger charge is 2.47. The fraction of sp³-hybridized carbons (Fsp3) is 0.438. The molecule has 1 aromatic rings. The zero-order chi connectivity index (χ0) is 19.1. The van der Waals surface area contributed by atoms with Crippen LogP contribution in [0.4, 0.5) is 13.2 Å². The molecule has 7 nitrogen and oxygen atoms in total. The van der Waals surface area contributed by atoms with Gasteiger partial charge in [0.1, 0.15) is 5.75 Å². The van der Waals surface area contributed by atoms with E-state index in [1.807, 2.05) is 6.07 Å². The standard InChI is InChI=1S/C16H14F3N3O4/c1-25-11-3-2-8(7-20)12-9(11)6-10-13(26-15(24)16(17,18)19)21-4-5-22(10)14(12)23/h2-3,10,13,21H,4-6H2,1H3. The highest BCUT2D eigenvalue weighted by Crippen LogP contribution is 2.35. The molecule has 0 radical (unpaired) electrons. The third-order valence-corrected chi connectivity index (χ3v) is 4.41. The van der Waals surface area contributed by atoms with Gasteiger partial charge in [0.25, 0.3) is 5.91 Å². The maximum Gasteiger partial charge on any atom is 0.490 e. The molecule has 2 atom stereocenters. The minimum absolute atomic E-state index is 0.0859. The molecule has 0 bridgehead atoms. The van der Waals surface area contributed by atoms with Crippen LogP contribution in [0.25, 0.3) is 0 Å². The Hall–Kier alpha value is -2.80. The van der Waals surface area contributed by atoms with Gasteiger partial charge in [-0.05, 0) is 12.1 Å². The Morgan fingerprint density at radius 1 is 1.42 bits per heavy atom. The first kappa shape index (κ1) is 18.0. The highest BCUT2D eigenvalue weighted by atomic mass is 19.4. The van der Waals surface area contributed by atoms with Crippen molar-refractivity contribution in [2.45, 2.75) is 24.9 Å². The SMILES string of the molecule is COc1ccc(C#N)c2c1CC1C(OC(=O)C(F)(F)F)NCCN1C2=O. The van der Waals surface area contributed by atoms with Crippen LogP contribution in [-0.2, 0) is 16.0 Å². The van der Waals surface area contributed by atoms with Crippen molar-refractivity contribution in [3.05, 3.63) is 28.8 Å². The molecule has 2 unspecified atom stereocenters. The number of hydrogen-bond donors (Lipinski definition) is 1. The molecule has 2 aliphatic rings. The number of carbonyl (C=O) groups is 2. The number of alkyl halides is 3.